The van der Waals surface area contributed by atoms with Crippen molar-refractivity contribution in [3.05, 3.63) is 67.0 Å². The lowest BCUT2D eigenvalue weighted by Gasteiger charge is -2.12. The van der Waals surface area contributed by atoms with Crippen LogP contribution in [0, 0.1) is 27.7 Å². The van der Waals surface area contributed by atoms with Crippen LogP contribution in [0.3, 0.4) is 0 Å². The van der Waals surface area contributed by atoms with Crippen molar-refractivity contribution >= 4 is 21.7 Å². The summed E-state index contributed by atoms with van der Waals surface area (Å²) in [7, 11) is 0. The fourth-order valence-corrected chi connectivity index (χ4v) is 3.30. The molecule has 0 N–H and O–H groups in total. The molecule has 21 heavy (non-hydrogen) atoms. The number of aromatic nitrogens is 1. The summed E-state index contributed by atoms with van der Waals surface area (Å²) in [6, 6.07) is 5.75. The van der Waals surface area contributed by atoms with Crippen LogP contribution in [0.4, 0.5) is 0 Å². The van der Waals surface area contributed by atoms with Crippen molar-refractivity contribution in [3.63, 3.8) is 0 Å². The highest BCUT2D eigenvalue weighted by atomic mass is 79.9. The van der Waals surface area contributed by atoms with Gasteiger partial charge in [0.25, 0.3) is 5.56 Å². The highest BCUT2D eigenvalue weighted by molar-refractivity contribution is 9.10. The van der Waals surface area contributed by atoms with Gasteiger partial charge in [-0.1, -0.05) is 17.7 Å². The Bertz CT molecular complexity index is 752. The van der Waals surface area contributed by atoms with Crippen LogP contribution < -0.4 is 5.56 Å². The molecule has 2 aromatic rings. The summed E-state index contributed by atoms with van der Waals surface area (Å²) in [5.41, 5.74) is 4.25. The van der Waals surface area contributed by atoms with Crippen LogP contribution in [0.1, 0.15) is 32.6 Å². The summed E-state index contributed by atoms with van der Waals surface area (Å²) >= 11 is 3.36. The molecule has 1 aromatic carbocycles. The van der Waals surface area contributed by atoms with Crippen molar-refractivity contribution < 1.29 is 4.79 Å². The summed E-state index contributed by atoms with van der Waals surface area (Å²) in [6.07, 6.45) is 1.66. The lowest BCUT2D eigenvalue weighted by atomic mass is 9.96. The molecule has 1 aromatic heterocycles. The molecule has 0 fully saturated rings. The largest absolute Gasteiger partial charge is 0.306 e. The maximum absolute atomic E-state index is 12.6. The van der Waals surface area contributed by atoms with Crippen molar-refractivity contribution in [2.75, 3.05) is 0 Å². The molecule has 0 aliphatic rings. The second-order valence-corrected chi connectivity index (χ2v) is 6.39. The number of pyridine rings is 1. The van der Waals surface area contributed by atoms with Gasteiger partial charge in [0.1, 0.15) is 0 Å². The lowest BCUT2D eigenvalue weighted by Crippen LogP contribution is -2.26. The molecule has 0 saturated carbocycles. The second-order valence-electron chi connectivity index (χ2n) is 5.47. The zero-order valence-electron chi connectivity index (χ0n) is 12.7. The van der Waals surface area contributed by atoms with Gasteiger partial charge in [0.05, 0.1) is 6.54 Å². The summed E-state index contributed by atoms with van der Waals surface area (Å²) < 4.78 is 2.25. The van der Waals surface area contributed by atoms with E-state index in [4.69, 9.17) is 0 Å². The topological polar surface area (TPSA) is 39.1 Å². The van der Waals surface area contributed by atoms with Crippen molar-refractivity contribution in [1.82, 2.24) is 4.57 Å². The minimum absolute atomic E-state index is 0.0374. The number of carbonyl (C=O) groups is 1. The SMILES string of the molecule is Cc1cc(C)c(C(=O)Cn2cc(Br)cc(C)c2=O)c(C)c1. The van der Waals surface area contributed by atoms with Gasteiger partial charge in [-0.15, -0.1) is 0 Å². The molecule has 0 radical (unpaired) electrons. The van der Waals surface area contributed by atoms with Crippen molar-refractivity contribution in [3.8, 4) is 0 Å². The molecule has 0 aliphatic carbocycles. The Kier molecular flexibility index (Phi) is 4.47. The second kappa shape index (κ2) is 5.98. The zero-order chi connectivity index (χ0) is 15.7. The van der Waals surface area contributed by atoms with E-state index in [0.717, 1.165) is 21.2 Å². The molecule has 0 aliphatic heterocycles. The van der Waals surface area contributed by atoms with E-state index in [-0.39, 0.29) is 17.9 Å². The van der Waals surface area contributed by atoms with E-state index in [9.17, 15) is 9.59 Å². The molecule has 0 spiro atoms. The first kappa shape index (κ1) is 15.7. The van der Waals surface area contributed by atoms with Gasteiger partial charge in [-0.2, -0.15) is 0 Å². The van der Waals surface area contributed by atoms with Gasteiger partial charge in [-0.05, 0) is 60.8 Å². The van der Waals surface area contributed by atoms with Crippen LogP contribution in [0.2, 0.25) is 0 Å². The number of hydrogen-bond acceptors (Lipinski definition) is 2. The number of halogens is 1. The summed E-state index contributed by atoms with van der Waals surface area (Å²) in [5, 5.41) is 0. The fraction of sp³-hybridized carbons (Fsp3) is 0.294. The Hall–Kier alpha value is -1.68. The van der Waals surface area contributed by atoms with Crippen LogP contribution >= 0.6 is 15.9 Å². The first-order chi connectivity index (χ1) is 9.79. The standard InChI is InChI=1S/C17H18BrNO2/c1-10-5-11(2)16(12(3)6-10)15(20)9-19-8-14(18)7-13(4)17(19)21/h5-8H,9H2,1-4H3. The number of ketones is 1. The summed E-state index contributed by atoms with van der Waals surface area (Å²) in [6.45, 7) is 7.68. The van der Waals surface area contributed by atoms with Crippen molar-refractivity contribution in [2.45, 2.75) is 34.2 Å². The number of nitrogens with zero attached hydrogens (tertiary/aromatic N) is 1. The highest BCUT2D eigenvalue weighted by Gasteiger charge is 2.14. The van der Waals surface area contributed by atoms with Crippen LogP contribution in [0.5, 0.6) is 0 Å². The predicted molar refractivity (Wildman–Crippen MR) is 88.1 cm³/mol. The smallest absolute Gasteiger partial charge is 0.253 e. The maximum atomic E-state index is 12.6. The number of rotatable bonds is 3. The van der Waals surface area contributed by atoms with E-state index >= 15 is 0 Å². The maximum Gasteiger partial charge on any atom is 0.253 e. The zero-order valence-corrected chi connectivity index (χ0v) is 14.2. The molecular formula is C17H18BrNO2. The van der Waals surface area contributed by atoms with Gasteiger partial charge >= 0.3 is 0 Å². The molecule has 0 amide bonds. The number of Topliss-reactive ketones (excluding diaryl/α,β-unsaturated/α-hetero) is 1. The normalized spacial score (nSPS) is 10.7. The Morgan fingerprint density at radius 1 is 1.05 bits per heavy atom. The predicted octanol–water partition coefficient (Wildman–Crippen LogP) is 3.73. The van der Waals surface area contributed by atoms with E-state index in [1.165, 1.54) is 4.57 Å². The molecule has 2 rings (SSSR count). The van der Waals surface area contributed by atoms with Crippen LogP contribution in [0.15, 0.2) is 33.7 Å². The molecule has 4 heteroatoms. The minimum Gasteiger partial charge on any atom is -0.306 e. The molecule has 1 heterocycles. The number of aryl methyl sites for hydroxylation is 4. The summed E-state index contributed by atoms with van der Waals surface area (Å²) in [5.74, 6) is -0.0374. The van der Waals surface area contributed by atoms with Crippen LogP contribution in [0.25, 0.3) is 0 Å². The van der Waals surface area contributed by atoms with Crippen LogP contribution in [-0.4, -0.2) is 10.4 Å². The molecule has 0 bridgehead atoms. The van der Waals surface area contributed by atoms with Crippen LogP contribution in [-0.2, 0) is 6.54 Å². The third-order valence-electron chi connectivity index (χ3n) is 3.50. The Labute approximate surface area is 132 Å². The van der Waals surface area contributed by atoms with Gasteiger partial charge < -0.3 is 4.57 Å². The molecule has 0 saturated heterocycles. The van der Waals surface area contributed by atoms with E-state index in [2.05, 4.69) is 15.9 Å². The summed E-state index contributed by atoms with van der Waals surface area (Å²) in [4.78, 5) is 24.7. The fourth-order valence-electron chi connectivity index (χ4n) is 2.71. The van der Waals surface area contributed by atoms with E-state index < -0.39 is 0 Å². The molecule has 0 atom stereocenters. The Morgan fingerprint density at radius 2 is 1.62 bits per heavy atom. The molecule has 3 nitrogen and oxygen atoms in total. The molecular weight excluding hydrogens is 330 g/mol. The average Bonchev–Trinajstić information content (AvgIpc) is 2.33. The van der Waals surface area contributed by atoms with E-state index in [1.54, 1.807) is 19.2 Å². The number of hydrogen-bond donors (Lipinski definition) is 0. The van der Waals surface area contributed by atoms with Gasteiger partial charge in [0.15, 0.2) is 5.78 Å². The highest BCUT2D eigenvalue weighted by Crippen LogP contribution is 2.18. The lowest BCUT2D eigenvalue weighted by molar-refractivity contribution is 0.0969. The van der Waals surface area contributed by atoms with Gasteiger partial charge in [0.2, 0.25) is 0 Å². The molecule has 0 unspecified atom stereocenters. The van der Waals surface area contributed by atoms with Crippen molar-refractivity contribution in [1.29, 1.82) is 0 Å². The quantitative estimate of drug-likeness (QED) is 0.793. The molecule has 110 valence electrons. The van der Waals surface area contributed by atoms with E-state index in [0.29, 0.717) is 11.1 Å². The average molecular weight is 348 g/mol. The number of carbonyl (C=O) groups excluding carboxylic acids is 1. The number of benzene rings is 1. The first-order valence-corrected chi connectivity index (χ1v) is 7.56. The van der Waals surface area contributed by atoms with Gasteiger partial charge in [-0.3, -0.25) is 9.59 Å². The van der Waals surface area contributed by atoms with E-state index in [1.807, 2.05) is 32.9 Å². The van der Waals surface area contributed by atoms with Gasteiger partial charge in [0, 0.05) is 21.8 Å². The van der Waals surface area contributed by atoms with Gasteiger partial charge in [-0.25, -0.2) is 0 Å². The third kappa shape index (κ3) is 3.32. The monoisotopic (exact) mass is 347 g/mol. The Balaban J connectivity index is 2.42. The third-order valence-corrected chi connectivity index (χ3v) is 3.94. The first-order valence-electron chi connectivity index (χ1n) is 6.77. The Morgan fingerprint density at radius 3 is 2.19 bits per heavy atom. The van der Waals surface area contributed by atoms with Crippen molar-refractivity contribution in [2.24, 2.45) is 0 Å². The minimum atomic E-state index is -0.131.